The van der Waals surface area contributed by atoms with E-state index in [9.17, 15) is 9.90 Å². The van der Waals surface area contributed by atoms with Crippen LogP contribution in [0.25, 0.3) is 0 Å². The van der Waals surface area contributed by atoms with E-state index in [-0.39, 0.29) is 12.1 Å². The van der Waals surface area contributed by atoms with Gasteiger partial charge in [0, 0.05) is 32.4 Å². The van der Waals surface area contributed by atoms with Crippen molar-refractivity contribution in [2.45, 2.75) is 32.8 Å². The van der Waals surface area contributed by atoms with E-state index in [0.29, 0.717) is 31.1 Å². The number of nitrogens with two attached hydrogens (primary N) is 2. The van der Waals surface area contributed by atoms with E-state index in [2.05, 4.69) is 49.2 Å². The lowest BCUT2D eigenvalue weighted by Gasteiger charge is -2.18. The predicted octanol–water partition coefficient (Wildman–Crippen LogP) is 3.12. The number of ether oxygens (including phenoxy) is 2. The highest BCUT2D eigenvalue weighted by molar-refractivity contribution is 5.95. The van der Waals surface area contributed by atoms with Gasteiger partial charge in [-0.2, -0.15) is 0 Å². The standard InChI is InChI=1S/C13H20N2O4.C11H17N/c1-2-18-5-6-19-12-4-3-9(11(16)8-14)7-10(12)13(15)17;1-3-4-10-12(2)11-8-6-5-7-9-11/h3-4,7,11,16H,2,5-6,8,14H2,1H3,(H2,15,17);5-9H,3-4,10H2,1-2H3. The number of rotatable bonds is 12. The molecule has 0 aliphatic heterocycles. The van der Waals surface area contributed by atoms with Crippen molar-refractivity contribution in [1.29, 1.82) is 0 Å². The topological polar surface area (TPSA) is 111 Å². The van der Waals surface area contributed by atoms with Crippen LogP contribution >= 0.6 is 0 Å². The molecule has 0 spiro atoms. The Balaban J connectivity index is 0.000000343. The Morgan fingerprint density at radius 3 is 2.42 bits per heavy atom. The maximum Gasteiger partial charge on any atom is 0.252 e. The largest absolute Gasteiger partial charge is 0.490 e. The van der Waals surface area contributed by atoms with Crippen LogP contribution in [0.5, 0.6) is 5.75 Å². The molecule has 1 atom stereocenters. The Kier molecular flexibility index (Phi) is 13.0. The molecule has 2 rings (SSSR count). The number of carbonyl (C=O) groups excluding carboxylic acids is 1. The average molecular weight is 432 g/mol. The number of benzene rings is 2. The van der Waals surface area contributed by atoms with E-state index < -0.39 is 12.0 Å². The van der Waals surface area contributed by atoms with Crippen LogP contribution in [-0.4, -0.2) is 51.0 Å². The van der Waals surface area contributed by atoms with Crippen LogP contribution in [0.2, 0.25) is 0 Å². The summed E-state index contributed by atoms with van der Waals surface area (Å²) in [6.07, 6.45) is 1.71. The molecule has 7 heteroatoms. The normalized spacial score (nSPS) is 11.3. The first-order valence-electron chi connectivity index (χ1n) is 10.7. The first-order valence-corrected chi connectivity index (χ1v) is 10.7. The van der Waals surface area contributed by atoms with Crippen molar-refractivity contribution in [3.05, 3.63) is 59.7 Å². The monoisotopic (exact) mass is 431 g/mol. The number of hydrogen-bond donors (Lipinski definition) is 3. The molecule has 1 unspecified atom stereocenters. The van der Waals surface area contributed by atoms with Gasteiger partial charge in [-0.15, -0.1) is 0 Å². The SMILES string of the molecule is CCCCN(C)c1ccccc1.CCOCCOc1ccc(C(O)CN)cc1C(N)=O. The lowest BCUT2D eigenvalue weighted by molar-refractivity contribution is 0.0978. The summed E-state index contributed by atoms with van der Waals surface area (Å²) in [5.74, 6) is -0.238. The molecule has 0 radical (unpaired) electrons. The maximum absolute atomic E-state index is 11.4. The fourth-order valence-electron chi connectivity index (χ4n) is 2.77. The van der Waals surface area contributed by atoms with Crippen molar-refractivity contribution in [3.63, 3.8) is 0 Å². The molecular formula is C24H37N3O4. The van der Waals surface area contributed by atoms with Gasteiger partial charge in [-0.25, -0.2) is 0 Å². The van der Waals surface area contributed by atoms with Gasteiger partial charge in [-0.3, -0.25) is 4.79 Å². The van der Waals surface area contributed by atoms with Crippen LogP contribution in [0.4, 0.5) is 5.69 Å². The van der Waals surface area contributed by atoms with Gasteiger partial charge in [0.15, 0.2) is 0 Å². The van der Waals surface area contributed by atoms with Crippen LogP contribution in [0.15, 0.2) is 48.5 Å². The third-order valence-corrected chi connectivity index (χ3v) is 4.61. The number of para-hydroxylation sites is 1. The van der Waals surface area contributed by atoms with E-state index in [1.165, 1.54) is 24.6 Å². The Labute approximate surface area is 185 Å². The van der Waals surface area contributed by atoms with Crippen LogP contribution in [0.3, 0.4) is 0 Å². The number of aliphatic hydroxyl groups is 1. The Morgan fingerprint density at radius 1 is 1.13 bits per heavy atom. The summed E-state index contributed by atoms with van der Waals surface area (Å²) in [6.45, 7) is 6.70. The van der Waals surface area contributed by atoms with Crippen molar-refractivity contribution in [2.75, 3.05) is 44.9 Å². The number of anilines is 1. The Morgan fingerprint density at radius 2 is 1.84 bits per heavy atom. The zero-order valence-electron chi connectivity index (χ0n) is 18.9. The Bertz CT molecular complexity index is 756. The number of primary amides is 1. The van der Waals surface area contributed by atoms with Gasteiger partial charge in [-0.1, -0.05) is 37.6 Å². The zero-order valence-corrected chi connectivity index (χ0v) is 18.9. The molecule has 1 amide bonds. The fourth-order valence-corrected chi connectivity index (χ4v) is 2.77. The number of hydrogen-bond acceptors (Lipinski definition) is 6. The molecule has 2 aromatic carbocycles. The average Bonchev–Trinajstić information content (AvgIpc) is 2.80. The lowest BCUT2D eigenvalue weighted by Crippen LogP contribution is -2.17. The molecule has 7 nitrogen and oxygen atoms in total. The third-order valence-electron chi connectivity index (χ3n) is 4.61. The minimum atomic E-state index is -0.824. The molecule has 0 heterocycles. The van der Waals surface area contributed by atoms with Crippen molar-refractivity contribution in [2.24, 2.45) is 11.5 Å². The van der Waals surface area contributed by atoms with Crippen LogP contribution in [0, 0.1) is 0 Å². The maximum atomic E-state index is 11.4. The first kappa shape index (κ1) is 26.4. The second-order valence-corrected chi connectivity index (χ2v) is 7.03. The first-order chi connectivity index (χ1) is 14.9. The number of amides is 1. The molecule has 2 aromatic rings. The minimum absolute atomic E-state index is 0.0722. The van der Waals surface area contributed by atoms with Crippen molar-refractivity contribution < 1.29 is 19.4 Å². The summed E-state index contributed by atoms with van der Waals surface area (Å²) in [5, 5.41) is 9.63. The fraction of sp³-hybridized carbons (Fsp3) is 0.458. The molecule has 5 N–H and O–H groups in total. The number of aliphatic hydroxyl groups excluding tert-OH is 1. The number of carbonyl (C=O) groups is 1. The lowest BCUT2D eigenvalue weighted by atomic mass is 10.0. The van der Waals surface area contributed by atoms with E-state index >= 15 is 0 Å². The Hall–Kier alpha value is -2.61. The summed E-state index contributed by atoms with van der Waals surface area (Å²) in [6, 6.07) is 15.3. The van der Waals surface area contributed by atoms with Crippen molar-refractivity contribution in [3.8, 4) is 5.75 Å². The van der Waals surface area contributed by atoms with E-state index in [1.807, 2.05) is 6.92 Å². The van der Waals surface area contributed by atoms with Crippen molar-refractivity contribution >= 4 is 11.6 Å². The minimum Gasteiger partial charge on any atom is -0.490 e. The highest BCUT2D eigenvalue weighted by atomic mass is 16.5. The van der Waals surface area contributed by atoms with Crippen LogP contribution in [0.1, 0.15) is 48.7 Å². The van der Waals surface area contributed by atoms with E-state index in [4.69, 9.17) is 20.9 Å². The molecule has 0 aromatic heterocycles. The van der Waals surface area contributed by atoms with Crippen molar-refractivity contribution in [1.82, 2.24) is 0 Å². The second-order valence-electron chi connectivity index (χ2n) is 7.03. The van der Waals surface area contributed by atoms with Gasteiger partial charge >= 0.3 is 0 Å². The summed E-state index contributed by atoms with van der Waals surface area (Å²) in [7, 11) is 2.14. The molecule has 172 valence electrons. The molecular weight excluding hydrogens is 394 g/mol. The van der Waals surface area contributed by atoms with Gasteiger partial charge in [0.2, 0.25) is 0 Å². The van der Waals surface area contributed by atoms with Crippen LogP contribution < -0.4 is 21.1 Å². The van der Waals surface area contributed by atoms with E-state index in [0.717, 1.165) is 6.54 Å². The highest BCUT2D eigenvalue weighted by Crippen LogP contribution is 2.23. The van der Waals surface area contributed by atoms with Gasteiger partial charge in [0.05, 0.1) is 18.3 Å². The summed E-state index contributed by atoms with van der Waals surface area (Å²) < 4.78 is 10.6. The number of nitrogens with zero attached hydrogens (tertiary/aromatic N) is 1. The number of unbranched alkanes of at least 4 members (excludes halogenated alkanes) is 1. The van der Waals surface area contributed by atoms with Gasteiger partial charge in [-0.05, 0) is 43.2 Å². The van der Waals surface area contributed by atoms with E-state index in [1.54, 1.807) is 12.1 Å². The molecule has 0 saturated carbocycles. The van der Waals surface area contributed by atoms with Crippen LogP contribution in [-0.2, 0) is 4.74 Å². The second kappa shape index (κ2) is 15.2. The summed E-state index contributed by atoms with van der Waals surface area (Å²) in [4.78, 5) is 13.7. The molecule has 0 saturated heterocycles. The van der Waals surface area contributed by atoms with Gasteiger partial charge in [0.1, 0.15) is 12.4 Å². The molecule has 31 heavy (non-hydrogen) atoms. The van der Waals surface area contributed by atoms with Gasteiger partial charge in [0.25, 0.3) is 5.91 Å². The molecule has 0 aliphatic rings. The van der Waals surface area contributed by atoms with Gasteiger partial charge < -0.3 is 30.9 Å². The molecule has 0 bridgehead atoms. The predicted molar refractivity (Wildman–Crippen MR) is 126 cm³/mol. The zero-order chi connectivity index (χ0) is 23.1. The molecule has 0 fully saturated rings. The quantitative estimate of drug-likeness (QED) is 0.445. The highest BCUT2D eigenvalue weighted by Gasteiger charge is 2.14. The molecule has 0 aliphatic carbocycles. The third kappa shape index (κ3) is 9.83. The smallest absolute Gasteiger partial charge is 0.252 e. The summed E-state index contributed by atoms with van der Waals surface area (Å²) in [5.41, 5.74) is 12.7. The summed E-state index contributed by atoms with van der Waals surface area (Å²) >= 11 is 0.